The van der Waals surface area contributed by atoms with Gasteiger partial charge < -0.3 is 4.74 Å². The van der Waals surface area contributed by atoms with Crippen molar-refractivity contribution in [2.24, 2.45) is 5.92 Å². The number of anilines is 1. The van der Waals surface area contributed by atoms with Crippen LogP contribution in [0.25, 0.3) is 0 Å². The number of hydrogen-bond donors (Lipinski definition) is 0. The van der Waals surface area contributed by atoms with Gasteiger partial charge in [0, 0.05) is 5.02 Å². The molecule has 1 aliphatic heterocycles. The molecule has 0 aromatic heterocycles. The van der Waals surface area contributed by atoms with Crippen LogP contribution in [0, 0.1) is 11.7 Å². The number of carbonyl (C=O) groups excluding carboxylic acids is 2. The number of rotatable bonds is 1. The van der Waals surface area contributed by atoms with Crippen LogP contribution in [0.4, 0.5) is 14.9 Å². The summed E-state index contributed by atoms with van der Waals surface area (Å²) in [6.45, 7) is 0. The highest BCUT2D eigenvalue weighted by molar-refractivity contribution is 6.30. The van der Waals surface area contributed by atoms with Crippen LogP contribution >= 0.6 is 11.6 Å². The summed E-state index contributed by atoms with van der Waals surface area (Å²) in [4.78, 5) is 25.2. The lowest BCUT2D eigenvalue weighted by Crippen LogP contribution is -2.53. The van der Waals surface area contributed by atoms with Crippen LogP contribution < -0.4 is 4.90 Å². The van der Waals surface area contributed by atoms with Crippen LogP contribution in [-0.4, -0.2) is 18.1 Å². The third kappa shape index (κ3) is 2.16. The highest BCUT2D eigenvalue weighted by atomic mass is 35.5. The van der Waals surface area contributed by atoms with Gasteiger partial charge in [-0.25, -0.2) is 14.1 Å². The molecule has 1 saturated heterocycles. The second-order valence-corrected chi connectivity index (χ2v) is 5.52. The molecule has 4 nitrogen and oxygen atoms in total. The van der Waals surface area contributed by atoms with E-state index in [0.717, 1.165) is 23.8 Å². The maximum absolute atomic E-state index is 13.9. The fourth-order valence-corrected chi connectivity index (χ4v) is 3.00. The van der Waals surface area contributed by atoms with Gasteiger partial charge in [0.1, 0.15) is 11.9 Å². The molecule has 0 N–H and O–H groups in total. The van der Waals surface area contributed by atoms with E-state index < -0.39 is 11.9 Å². The second kappa shape index (κ2) is 5.05. The minimum Gasteiger partial charge on any atom is -0.445 e. The van der Waals surface area contributed by atoms with E-state index in [4.69, 9.17) is 16.3 Å². The van der Waals surface area contributed by atoms with Crippen LogP contribution in [0.5, 0.6) is 0 Å². The molecule has 0 spiro atoms. The quantitative estimate of drug-likeness (QED) is 0.797. The first kappa shape index (κ1) is 13.4. The molecule has 20 heavy (non-hydrogen) atoms. The fraction of sp³-hybridized carbons (Fsp3) is 0.429. The Morgan fingerprint density at radius 3 is 2.75 bits per heavy atom. The summed E-state index contributed by atoms with van der Waals surface area (Å²) >= 11 is 5.68. The Kier molecular flexibility index (Phi) is 3.38. The van der Waals surface area contributed by atoms with Gasteiger partial charge in [-0.2, -0.15) is 0 Å². The predicted octanol–water partition coefficient (Wildman–Crippen LogP) is 3.52. The van der Waals surface area contributed by atoms with E-state index in [0.29, 0.717) is 12.8 Å². The van der Waals surface area contributed by atoms with Gasteiger partial charge in [0.15, 0.2) is 0 Å². The molecule has 106 valence electrons. The van der Waals surface area contributed by atoms with Crippen LogP contribution in [0.15, 0.2) is 18.2 Å². The molecule has 0 radical (unpaired) electrons. The largest absolute Gasteiger partial charge is 0.445 e. The van der Waals surface area contributed by atoms with Gasteiger partial charge in [-0.3, -0.25) is 4.79 Å². The molecule has 1 aromatic rings. The number of imide groups is 1. The van der Waals surface area contributed by atoms with E-state index in [1.807, 2.05) is 0 Å². The lowest BCUT2D eigenvalue weighted by molar-refractivity contribution is -0.130. The smallest absolute Gasteiger partial charge is 0.421 e. The van der Waals surface area contributed by atoms with Gasteiger partial charge >= 0.3 is 6.09 Å². The lowest BCUT2D eigenvalue weighted by atomic mass is 9.84. The van der Waals surface area contributed by atoms with Crippen molar-refractivity contribution in [3.05, 3.63) is 29.0 Å². The Hall–Kier alpha value is -1.62. The average Bonchev–Trinajstić information content (AvgIpc) is 2.41. The van der Waals surface area contributed by atoms with E-state index in [1.54, 1.807) is 0 Å². The highest BCUT2D eigenvalue weighted by Gasteiger charge is 2.45. The van der Waals surface area contributed by atoms with Crippen molar-refractivity contribution in [1.82, 2.24) is 0 Å². The number of amides is 2. The van der Waals surface area contributed by atoms with Crippen molar-refractivity contribution in [1.29, 1.82) is 0 Å². The molecule has 2 aliphatic rings. The summed E-state index contributed by atoms with van der Waals surface area (Å²) in [5.74, 6) is -1.46. The standard InChI is InChI=1S/C14H13ClFNO3/c15-8-5-6-11(10(16)7-8)17-13(18)9-3-1-2-4-12(9)20-14(17)19/h5-7,9,12H,1-4H2. The third-order valence-electron chi connectivity index (χ3n) is 3.83. The van der Waals surface area contributed by atoms with Gasteiger partial charge in [0.2, 0.25) is 5.91 Å². The number of carbonyl (C=O) groups is 2. The Morgan fingerprint density at radius 2 is 2.00 bits per heavy atom. The van der Waals surface area contributed by atoms with Crippen LogP contribution in [0.2, 0.25) is 5.02 Å². The molecule has 2 unspecified atom stereocenters. The van der Waals surface area contributed by atoms with E-state index in [-0.39, 0.29) is 28.6 Å². The maximum atomic E-state index is 13.9. The molecule has 6 heteroatoms. The molecular formula is C14H13ClFNO3. The molecule has 1 aliphatic carbocycles. The summed E-state index contributed by atoms with van der Waals surface area (Å²) in [7, 11) is 0. The van der Waals surface area contributed by atoms with E-state index in [9.17, 15) is 14.0 Å². The summed E-state index contributed by atoms with van der Waals surface area (Å²) in [6, 6.07) is 3.83. The highest BCUT2D eigenvalue weighted by Crippen LogP contribution is 2.35. The first-order valence-corrected chi connectivity index (χ1v) is 6.95. The van der Waals surface area contributed by atoms with E-state index in [1.165, 1.54) is 12.1 Å². The monoisotopic (exact) mass is 297 g/mol. The molecule has 3 rings (SSSR count). The molecule has 2 amide bonds. The lowest BCUT2D eigenvalue weighted by Gasteiger charge is -2.38. The second-order valence-electron chi connectivity index (χ2n) is 5.08. The minimum atomic E-state index is -0.806. The molecular weight excluding hydrogens is 285 g/mol. The summed E-state index contributed by atoms with van der Waals surface area (Å²) in [5, 5.41) is 0.208. The number of nitrogens with zero attached hydrogens (tertiary/aromatic N) is 1. The Balaban J connectivity index is 1.96. The van der Waals surface area contributed by atoms with Gasteiger partial charge in [0.25, 0.3) is 0 Å². The van der Waals surface area contributed by atoms with Gasteiger partial charge in [-0.15, -0.1) is 0 Å². The maximum Gasteiger partial charge on any atom is 0.421 e. The van der Waals surface area contributed by atoms with Crippen molar-refractivity contribution in [2.45, 2.75) is 31.8 Å². The van der Waals surface area contributed by atoms with Crippen LogP contribution in [0.3, 0.4) is 0 Å². The summed E-state index contributed by atoms with van der Waals surface area (Å²) in [5.41, 5.74) is -0.103. The zero-order valence-corrected chi connectivity index (χ0v) is 11.4. The third-order valence-corrected chi connectivity index (χ3v) is 4.06. The number of fused-ring (bicyclic) bond motifs is 1. The van der Waals surface area contributed by atoms with Crippen LogP contribution in [-0.2, 0) is 9.53 Å². The first-order valence-electron chi connectivity index (χ1n) is 6.57. The number of ether oxygens (including phenoxy) is 1. The normalized spacial score (nSPS) is 26.2. The minimum absolute atomic E-state index is 0.103. The Morgan fingerprint density at radius 1 is 1.25 bits per heavy atom. The summed E-state index contributed by atoms with van der Waals surface area (Å²) in [6.07, 6.45) is 2.05. The Bertz CT molecular complexity index is 578. The first-order chi connectivity index (χ1) is 9.58. The van der Waals surface area contributed by atoms with E-state index >= 15 is 0 Å². The molecule has 1 aromatic carbocycles. The molecule has 0 bridgehead atoms. The molecule has 1 saturated carbocycles. The van der Waals surface area contributed by atoms with Gasteiger partial charge in [-0.05, 0) is 37.5 Å². The van der Waals surface area contributed by atoms with Crippen molar-refractivity contribution in [3.63, 3.8) is 0 Å². The van der Waals surface area contributed by atoms with E-state index in [2.05, 4.69) is 0 Å². The fourth-order valence-electron chi connectivity index (χ4n) is 2.84. The van der Waals surface area contributed by atoms with Crippen molar-refractivity contribution in [3.8, 4) is 0 Å². The van der Waals surface area contributed by atoms with Crippen molar-refractivity contribution < 1.29 is 18.7 Å². The molecule has 1 heterocycles. The topological polar surface area (TPSA) is 46.6 Å². The van der Waals surface area contributed by atoms with Crippen molar-refractivity contribution >= 4 is 29.3 Å². The van der Waals surface area contributed by atoms with Gasteiger partial charge in [-0.1, -0.05) is 18.0 Å². The molecule has 2 atom stereocenters. The number of benzene rings is 1. The Labute approximate surface area is 120 Å². The number of hydrogen-bond acceptors (Lipinski definition) is 3. The predicted molar refractivity (Wildman–Crippen MR) is 71.1 cm³/mol. The average molecular weight is 298 g/mol. The van der Waals surface area contributed by atoms with Crippen molar-refractivity contribution in [2.75, 3.05) is 4.90 Å². The number of halogens is 2. The molecule has 2 fully saturated rings. The zero-order chi connectivity index (χ0) is 14.3. The van der Waals surface area contributed by atoms with Crippen LogP contribution in [0.1, 0.15) is 25.7 Å². The van der Waals surface area contributed by atoms with Gasteiger partial charge in [0.05, 0.1) is 11.6 Å². The zero-order valence-electron chi connectivity index (χ0n) is 10.6. The SMILES string of the molecule is O=C1OC2CCCCC2C(=O)N1c1ccc(Cl)cc1F. The summed E-state index contributed by atoms with van der Waals surface area (Å²) < 4.78 is 19.2.